The topological polar surface area (TPSA) is 21.3 Å². The molecule has 1 atom stereocenters. The Balaban J connectivity index is 2.11. The number of benzene rings is 2. The van der Waals surface area contributed by atoms with E-state index >= 15 is 0 Å². The zero-order chi connectivity index (χ0) is 14.5. The number of ether oxygens (including phenoxy) is 1. The van der Waals surface area contributed by atoms with E-state index in [2.05, 4.69) is 27.3 Å². The molecule has 106 valence electrons. The fraction of sp³-hybridized carbons (Fsp3) is 0.250. The molecule has 0 saturated heterocycles. The highest BCUT2D eigenvalue weighted by Crippen LogP contribution is 2.29. The number of anilines is 1. The molecule has 2 rings (SSSR count). The van der Waals surface area contributed by atoms with E-state index < -0.39 is 0 Å². The number of halogens is 2. The fourth-order valence-electron chi connectivity index (χ4n) is 2.02. The molecule has 0 aromatic heterocycles. The first-order chi connectivity index (χ1) is 9.61. The molecule has 0 heterocycles. The van der Waals surface area contributed by atoms with Crippen LogP contribution in [0.5, 0.6) is 5.75 Å². The minimum absolute atomic E-state index is 0.0127. The second-order valence-corrected chi connectivity index (χ2v) is 6.03. The molecule has 20 heavy (non-hydrogen) atoms. The molecule has 0 spiro atoms. The first-order valence-electron chi connectivity index (χ1n) is 6.41. The largest absolute Gasteiger partial charge is 0.496 e. The zero-order valence-electron chi connectivity index (χ0n) is 11.5. The van der Waals surface area contributed by atoms with Crippen LogP contribution in [0.4, 0.5) is 5.69 Å². The van der Waals surface area contributed by atoms with Gasteiger partial charge < -0.3 is 10.1 Å². The lowest BCUT2D eigenvalue weighted by Gasteiger charge is -2.14. The maximum Gasteiger partial charge on any atom is 0.133 e. The van der Waals surface area contributed by atoms with E-state index in [1.807, 2.05) is 43.3 Å². The summed E-state index contributed by atoms with van der Waals surface area (Å²) in [7, 11) is 1.66. The van der Waals surface area contributed by atoms with Crippen molar-refractivity contribution in [2.45, 2.75) is 18.8 Å². The number of hydrogen-bond donors (Lipinski definition) is 1. The van der Waals surface area contributed by atoms with Crippen molar-refractivity contribution in [1.29, 1.82) is 0 Å². The number of methoxy groups -OCH3 is 1. The first-order valence-corrected chi connectivity index (χ1v) is 7.64. The lowest BCUT2D eigenvalue weighted by molar-refractivity contribution is 0.412. The van der Waals surface area contributed by atoms with Gasteiger partial charge in [0.2, 0.25) is 0 Å². The van der Waals surface area contributed by atoms with Crippen molar-refractivity contribution in [3.63, 3.8) is 0 Å². The van der Waals surface area contributed by atoms with Gasteiger partial charge in [-0.2, -0.15) is 0 Å². The van der Waals surface area contributed by atoms with Gasteiger partial charge in [0.25, 0.3) is 0 Å². The SMILES string of the molecule is COc1ccc(CNc2ccccc2C(C)Cl)cc1Br. The number of nitrogens with one attached hydrogen (secondary N) is 1. The summed E-state index contributed by atoms with van der Waals surface area (Å²) < 4.78 is 6.19. The molecule has 0 radical (unpaired) electrons. The second kappa shape index (κ2) is 7.00. The molecule has 4 heteroatoms. The molecule has 0 bridgehead atoms. The molecule has 0 amide bonds. The van der Waals surface area contributed by atoms with Gasteiger partial charge in [0.1, 0.15) is 5.75 Å². The van der Waals surface area contributed by atoms with Crippen LogP contribution in [-0.4, -0.2) is 7.11 Å². The first kappa shape index (κ1) is 15.2. The molecule has 0 aliphatic heterocycles. The highest BCUT2D eigenvalue weighted by atomic mass is 79.9. The van der Waals surface area contributed by atoms with Gasteiger partial charge in [0.15, 0.2) is 0 Å². The summed E-state index contributed by atoms with van der Waals surface area (Å²) in [6, 6.07) is 14.2. The summed E-state index contributed by atoms with van der Waals surface area (Å²) in [5, 5.41) is 3.42. The van der Waals surface area contributed by atoms with E-state index in [-0.39, 0.29) is 5.38 Å². The lowest BCUT2D eigenvalue weighted by Crippen LogP contribution is -2.03. The van der Waals surface area contributed by atoms with Crippen LogP contribution in [0.2, 0.25) is 0 Å². The van der Waals surface area contributed by atoms with Crippen LogP contribution in [0.3, 0.4) is 0 Å². The Morgan fingerprint density at radius 3 is 2.65 bits per heavy atom. The molecule has 1 unspecified atom stereocenters. The van der Waals surface area contributed by atoms with Crippen molar-refractivity contribution < 1.29 is 4.74 Å². The van der Waals surface area contributed by atoms with Crippen LogP contribution in [0.25, 0.3) is 0 Å². The van der Waals surface area contributed by atoms with E-state index in [1.54, 1.807) is 7.11 Å². The summed E-state index contributed by atoms with van der Waals surface area (Å²) >= 11 is 9.69. The number of para-hydroxylation sites is 1. The maximum atomic E-state index is 6.19. The minimum atomic E-state index is -0.0127. The summed E-state index contributed by atoms with van der Waals surface area (Å²) in [5.41, 5.74) is 3.36. The van der Waals surface area contributed by atoms with Crippen molar-refractivity contribution in [2.75, 3.05) is 12.4 Å². The van der Waals surface area contributed by atoms with Crippen molar-refractivity contribution in [3.8, 4) is 5.75 Å². The predicted octanol–water partition coefficient (Wildman–Crippen LogP) is 5.37. The number of rotatable bonds is 5. The highest BCUT2D eigenvalue weighted by Gasteiger charge is 2.07. The third-order valence-electron chi connectivity index (χ3n) is 3.09. The Morgan fingerprint density at radius 1 is 1.25 bits per heavy atom. The van der Waals surface area contributed by atoms with Crippen molar-refractivity contribution in [2.24, 2.45) is 0 Å². The van der Waals surface area contributed by atoms with E-state index in [0.29, 0.717) is 0 Å². The lowest BCUT2D eigenvalue weighted by atomic mass is 10.1. The third-order valence-corrected chi connectivity index (χ3v) is 3.94. The van der Waals surface area contributed by atoms with Gasteiger partial charge in [-0.25, -0.2) is 0 Å². The average Bonchev–Trinajstić information content (AvgIpc) is 2.45. The molecule has 0 aliphatic rings. The summed E-state index contributed by atoms with van der Waals surface area (Å²) in [6.07, 6.45) is 0. The van der Waals surface area contributed by atoms with E-state index in [4.69, 9.17) is 16.3 Å². The predicted molar refractivity (Wildman–Crippen MR) is 88.7 cm³/mol. The number of hydrogen-bond acceptors (Lipinski definition) is 2. The van der Waals surface area contributed by atoms with Gasteiger partial charge in [0.05, 0.1) is 17.0 Å². The summed E-state index contributed by atoms with van der Waals surface area (Å²) in [6.45, 7) is 2.72. The van der Waals surface area contributed by atoms with Gasteiger partial charge in [-0.1, -0.05) is 24.3 Å². The Bertz CT molecular complexity index is 586. The van der Waals surface area contributed by atoms with Crippen LogP contribution in [0.15, 0.2) is 46.9 Å². The normalized spacial score (nSPS) is 12.0. The van der Waals surface area contributed by atoms with Gasteiger partial charge in [0, 0.05) is 12.2 Å². The molecular formula is C16H17BrClNO. The molecule has 2 nitrogen and oxygen atoms in total. The van der Waals surface area contributed by atoms with Crippen molar-refractivity contribution >= 4 is 33.2 Å². The third kappa shape index (κ3) is 3.68. The molecule has 0 aliphatic carbocycles. The highest BCUT2D eigenvalue weighted by molar-refractivity contribution is 9.10. The van der Waals surface area contributed by atoms with Crippen molar-refractivity contribution in [1.82, 2.24) is 0 Å². The van der Waals surface area contributed by atoms with Gasteiger partial charge in [-0.05, 0) is 52.2 Å². The molecule has 2 aromatic rings. The van der Waals surface area contributed by atoms with Crippen LogP contribution < -0.4 is 10.1 Å². The summed E-state index contributed by atoms with van der Waals surface area (Å²) in [4.78, 5) is 0. The molecule has 0 fully saturated rings. The Hall–Kier alpha value is -1.19. The Labute approximate surface area is 133 Å². The van der Waals surface area contributed by atoms with Crippen LogP contribution in [0.1, 0.15) is 23.4 Å². The van der Waals surface area contributed by atoms with E-state index in [1.165, 1.54) is 5.56 Å². The second-order valence-electron chi connectivity index (χ2n) is 4.53. The molecule has 2 aromatic carbocycles. The number of alkyl halides is 1. The van der Waals surface area contributed by atoms with Gasteiger partial charge >= 0.3 is 0 Å². The van der Waals surface area contributed by atoms with Crippen LogP contribution >= 0.6 is 27.5 Å². The molecular weight excluding hydrogens is 338 g/mol. The van der Waals surface area contributed by atoms with E-state index in [0.717, 1.165) is 28.0 Å². The van der Waals surface area contributed by atoms with Gasteiger partial charge in [-0.3, -0.25) is 0 Å². The molecule has 1 N–H and O–H groups in total. The van der Waals surface area contributed by atoms with Crippen LogP contribution in [0, 0.1) is 0 Å². The van der Waals surface area contributed by atoms with Crippen LogP contribution in [-0.2, 0) is 6.54 Å². The smallest absolute Gasteiger partial charge is 0.133 e. The Morgan fingerprint density at radius 2 is 2.00 bits per heavy atom. The zero-order valence-corrected chi connectivity index (χ0v) is 13.8. The summed E-state index contributed by atoms with van der Waals surface area (Å²) in [5.74, 6) is 0.837. The quantitative estimate of drug-likeness (QED) is 0.729. The fourth-order valence-corrected chi connectivity index (χ4v) is 2.80. The monoisotopic (exact) mass is 353 g/mol. The Kier molecular flexibility index (Phi) is 5.32. The molecule has 0 saturated carbocycles. The van der Waals surface area contributed by atoms with E-state index in [9.17, 15) is 0 Å². The standard InChI is InChI=1S/C16H17BrClNO/c1-11(18)13-5-3-4-6-15(13)19-10-12-7-8-16(20-2)14(17)9-12/h3-9,11,19H,10H2,1-2H3. The average molecular weight is 355 g/mol. The van der Waals surface area contributed by atoms with Crippen molar-refractivity contribution in [3.05, 3.63) is 58.1 Å². The minimum Gasteiger partial charge on any atom is -0.496 e. The maximum absolute atomic E-state index is 6.19. The van der Waals surface area contributed by atoms with Gasteiger partial charge in [-0.15, -0.1) is 11.6 Å².